The molecule has 0 atom stereocenters. The molecule has 8 heteroatoms. The van der Waals surface area contributed by atoms with Crippen molar-refractivity contribution in [2.24, 2.45) is 0 Å². The van der Waals surface area contributed by atoms with Crippen molar-refractivity contribution in [2.75, 3.05) is 18.4 Å². The van der Waals surface area contributed by atoms with Crippen LogP contribution in [0.4, 0.5) is 9.93 Å². The SMILES string of the molecule is CC(C)(C)OC(=O)N1CC=C(c2cc(Oc3ccc4nc(NC5CCCCC5)sc4c3)ccn2)CC1. The van der Waals surface area contributed by atoms with Gasteiger partial charge in [0.2, 0.25) is 0 Å². The molecule has 1 fully saturated rings. The largest absolute Gasteiger partial charge is 0.457 e. The minimum Gasteiger partial charge on any atom is -0.457 e. The predicted molar refractivity (Wildman–Crippen MR) is 145 cm³/mol. The maximum absolute atomic E-state index is 12.3. The Morgan fingerprint density at radius 1 is 1.11 bits per heavy atom. The second kappa shape index (κ2) is 10.5. The molecule has 0 radical (unpaired) electrons. The molecule has 7 nitrogen and oxygen atoms in total. The lowest BCUT2D eigenvalue weighted by molar-refractivity contribution is 0.0270. The quantitative estimate of drug-likeness (QED) is 0.393. The fraction of sp³-hybridized carbons (Fsp3) is 0.464. The lowest BCUT2D eigenvalue weighted by Gasteiger charge is -2.29. The number of benzene rings is 1. The maximum Gasteiger partial charge on any atom is 0.410 e. The lowest BCUT2D eigenvalue weighted by atomic mass is 9.96. The summed E-state index contributed by atoms with van der Waals surface area (Å²) >= 11 is 1.68. The van der Waals surface area contributed by atoms with E-state index < -0.39 is 5.60 Å². The number of pyridine rings is 1. The van der Waals surface area contributed by atoms with Crippen molar-refractivity contribution >= 4 is 38.4 Å². The van der Waals surface area contributed by atoms with Crippen LogP contribution in [0.25, 0.3) is 15.8 Å². The van der Waals surface area contributed by atoms with Crippen LogP contribution in [0.1, 0.15) is 65.0 Å². The number of aromatic nitrogens is 2. The van der Waals surface area contributed by atoms with Gasteiger partial charge in [-0.2, -0.15) is 0 Å². The zero-order valence-corrected chi connectivity index (χ0v) is 22.1. The number of amides is 1. The second-order valence-electron chi connectivity index (χ2n) is 10.5. The Morgan fingerprint density at radius 3 is 2.67 bits per heavy atom. The third-order valence-electron chi connectivity index (χ3n) is 6.45. The molecule has 3 aromatic rings. The third-order valence-corrected chi connectivity index (χ3v) is 7.40. The van der Waals surface area contributed by atoms with Gasteiger partial charge >= 0.3 is 6.09 Å². The smallest absolute Gasteiger partial charge is 0.410 e. The van der Waals surface area contributed by atoms with Gasteiger partial charge in [-0.15, -0.1) is 0 Å². The molecule has 5 rings (SSSR count). The monoisotopic (exact) mass is 506 g/mol. The van der Waals surface area contributed by atoms with Gasteiger partial charge in [0.1, 0.15) is 17.1 Å². The van der Waals surface area contributed by atoms with E-state index >= 15 is 0 Å². The van der Waals surface area contributed by atoms with E-state index in [1.807, 2.05) is 51.1 Å². The van der Waals surface area contributed by atoms with Crippen molar-refractivity contribution in [3.05, 3.63) is 48.3 Å². The molecule has 1 N–H and O–H groups in total. The molecule has 190 valence electrons. The van der Waals surface area contributed by atoms with Gasteiger partial charge in [-0.25, -0.2) is 9.78 Å². The van der Waals surface area contributed by atoms with Gasteiger partial charge in [0, 0.05) is 37.5 Å². The van der Waals surface area contributed by atoms with Gasteiger partial charge in [-0.05, 0) is 63.8 Å². The minimum atomic E-state index is -0.496. The zero-order chi connectivity index (χ0) is 25.1. The molecule has 1 saturated carbocycles. The fourth-order valence-electron chi connectivity index (χ4n) is 4.63. The highest BCUT2D eigenvalue weighted by Crippen LogP contribution is 2.33. The maximum atomic E-state index is 12.3. The van der Waals surface area contributed by atoms with E-state index in [2.05, 4.69) is 16.4 Å². The van der Waals surface area contributed by atoms with Crippen LogP contribution in [0.2, 0.25) is 0 Å². The van der Waals surface area contributed by atoms with Crippen LogP contribution >= 0.6 is 11.3 Å². The molecule has 0 unspecified atom stereocenters. The molecule has 0 spiro atoms. The highest BCUT2D eigenvalue weighted by atomic mass is 32.1. The average Bonchev–Trinajstić information content (AvgIpc) is 3.25. The summed E-state index contributed by atoms with van der Waals surface area (Å²) < 4.78 is 12.8. The van der Waals surface area contributed by atoms with Crippen molar-refractivity contribution < 1.29 is 14.3 Å². The zero-order valence-electron chi connectivity index (χ0n) is 21.3. The number of hydrogen-bond acceptors (Lipinski definition) is 7. The second-order valence-corrected chi connectivity index (χ2v) is 11.5. The van der Waals surface area contributed by atoms with Crippen LogP contribution in [0.3, 0.4) is 0 Å². The van der Waals surface area contributed by atoms with Gasteiger partial charge in [-0.1, -0.05) is 36.7 Å². The van der Waals surface area contributed by atoms with Crippen molar-refractivity contribution in [3.8, 4) is 11.5 Å². The van der Waals surface area contributed by atoms with Gasteiger partial charge in [0.25, 0.3) is 0 Å². The molecule has 1 amide bonds. The Morgan fingerprint density at radius 2 is 1.92 bits per heavy atom. The molecule has 0 saturated heterocycles. The van der Waals surface area contributed by atoms with Crippen molar-refractivity contribution in [1.29, 1.82) is 0 Å². The van der Waals surface area contributed by atoms with E-state index in [0.29, 0.717) is 19.1 Å². The molecular formula is C28H34N4O3S. The number of carbonyl (C=O) groups excluding carboxylic acids is 1. The first-order valence-electron chi connectivity index (χ1n) is 12.8. The van der Waals surface area contributed by atoms with Gasteiger partial charge in [0.05, 0.1) is 15.9 Å². The molecule has 3 heterocycles. The summed E-state index contributed by atoms with van der Waals surface area (Å²) in [4.78, 5) is 23.4. The van der Waals surface area contributed by atoms with Crippen LogP contribution in [0.5, 0.6) is 11.5 Å². The number of nitrogens with one attached hydrogen (secondary N) is 1. The molecule has 0 bridgehead atoms. The van der Waals surface area contributed by atoms with Crippen LogP contribution in [-0.2, 0) is 4.74 Å². The number of anilines is 1. The van der Waals surface area contributed by atoms with Crippen LogP contribution in [0.15, 0.2) is 42.6 Å². The molecule has 2 aliphatic rings. The summed E-state index contributed by atoms with van der Waals surface area (Å²) in [5.41, 5.74) is 2.47. The predicted octanol–water partition coefficient (Wildman–Crippen LogP) is 7.25. The van der Waals surface area contributed by atoms with E-state index in [1.54, 1.807) is 22.4 Å². The minimum absolute atomic E-state index is 0.279. The molecule has 36 heavy (non-hydrogen) atoms. The first-order valence-corrected chi connectivity index (χ1v) is 13.6. The molecule has 1 aliphatic carbocycles. The van der Waals surface area contributed by atoms with E-state index in [1.165, 1.54) is 32.1 Å². The van der Waals surface area contributed by atoms with Crippen molar-refractivity contribution in [2.45, 2.75) is 70.9 Å². The first kappa shape index (κ1) is 24.6. The van der Waals surface area contributed by atoms with Crippen molar-refractivity contribution in [3.63, 3.8) is 0 Å². The number of carbonyl (C=O) groups is 1. The van der Waals surface area contributed by atoms with Crippen LogP contribution < -0.4 is 10.1 Å². The number of nitrogens with zero attached hydrogens (tertiary/aromatic N) is 3. The van der Waals surface area contributed by atoms with E-state index in [0.717, 1.165) is 44.5 Å². The summed E-state index contributed by atoms with van der Waals surface area (Å²) in [5, 5.41) is 4.61. The standard InChI is InChI=1S/C28H34N4O3S/c1-28(2,3)35-27(33)32-15-12-19(13-16-32)24-17-22(11-14-29-24)34-21-9-10-23-25(18-21)36-26(31-23)30-20-7-5-4-6-8-20/h9-12,14,17-18,20H,4-8,13,15-16H2,1-3H3,(H,30,31). The van der Waals surface area contributed by atoms with Gasteiger partial charge in [-0.3, -0.25) is 4.98 Å². The molecular weight excluding hydrogens is 472 g/mol. The lowest BCUT2D eigenvalue weighted by Crippen LogP contribution is -2.39. The Labute approximate surface area is 216 Å². The Hall–Kier alpha value is -3.13. The van der Waals surface area contributed by atoms with Gasteiger partial charge < -0.3 is 19.7 Å². The molecule has 1 aliphatic heterocycles. The van der Waals surface area contributed by atoms with E-state index in [9.17, 15) is 4.79 Å². The third kappa shape index (κ3) is 6.16. The Bertz CT molecular complexity index is 1260. The highest BCUT2D eigenvalue weighted by Gasteiger charge is 2.24. The number of rotatable bonds is 5. The van der Waals surface area contributed by atoms with E-state index in [-0.39, 0.29) is 6.09 Å². The summed E-state index contributed by atoms with van der Waals surface area (Å²) in [7, 11) is 0. The van der Waals surface area contributed by atoms with Gasteiger partial charge in [0.15, 0.2) is 5.13 Å². The first-order chi connectivity index (χ1) is 17.3. The average molecular weight is 507 g/mol. The number of hydrogen-bond donors (Lipinski definition) is 1. The highest BCUT2D eigenvalue weighted by molar-refractivity contribution is 7.22. The Balaban J connectivity index is 1.24. The van der Waals surface area contributed by atoms with Crippen LogP contribution in [-0.4, -0.2) is 45.7 Å². The molecule has 2 aromatic heterocycles. The number of thiazole rings is 1. The summed E-state index contributed by atoms with van der Waals surface area (Å²) in [5.74, 6) is 1.51. The summed E-state index contributed by atoms with van der Waals surface area (Å²) in [6.07, 6.45) is 10.6. The van der Waals surface area contributed by atoms with Crippen molar-refractivity contribution in [1.82, 2.24) is 14.9 Å². The number of ether oxygens (including phenoxy) is 2. The Kier molecular flexibility index (Phi) is 7.14. The van der Waals surface area contributed by atoms with E-state index in [4.69, 9.17) is 14.5 Å². The topological polar surface area (TPSA) is 76.6 Å². The normalized spacial score (nSPS) is 17.1. The number of fused-ring (bicyclic) bond motifs is 1. The fourth-order valence-corrected chi connectivity index (χ4v) is 5.60. The van der Waals surface area contributed by atoms with Crippen LogP contribution in [0, 0.1) is 0 Å². The molecule has 1 aromatic carbocycles. The summed E-state index contributed by atoms with van der Waals surface area (Å²) in [6, 6.07) is 10.4. The summed E-state index contributed by atoms with van der Waals surface area (Å²) in [6.45, 7) is 6.76.